The number of rotatable bonds is 5. The van der Waals surface area contributed by atoms with Gasteiger partial charge in [0.05, 0.1) is 6.04 Å². The van der Waals surface area contributed by atoms with E-state index in [0.29, 0.717) is 0 Å². The molecule has 6 nitrogen and oxygen atoms in total. The van der Waals surface area contributed by atoms with E-state index in [-0.39, 0.29) is 24.1 Å². The zero-order chi connectivity index (χ0) is 15.2. The van der Waals surface area contributed by atoms with Crippen molar-refractivity contribution in [1.82, 2.24) is 10.6 Å². The van der Waals surface area contributed by atoms with Crippen molar-refractivity contribution >= 4 is 11.9 Å². The van der Waals surface area contributed by atoms with Crippen molar-refractivity contribution in [2.75, 3.05) is 6.54 Å². The molecule has 1 aromatic carbocycles. The Kier molecular flexibility index (Phi) is 5.16. The highest BCUT2D eigenvalue weighted by atomic mass is 16.4. The van der Waals surface area contributed by atoms with Gasteiger partial charge in [-0.3, -0.25) is 4.79 Å². The summed E-state index contributed by atoms with van der Waals surface area (Å²) >= 11 is 0. The molecule has 6 heteroatoms. The fourth-order valence-corrected chi connectivity index (χ4v) is 2.42. The van der Waals surface area contributed by atoms with Crippen molar-refractivity contribution in [1.29, 1.82) is 0 Å². The third-order valence-corrected chi connectivity index (χ3v) is 3.62. The normalized spacial score (nSPS) is 19.7. The fourth-order valence-electron chi connectivity index (χ4n) is 2.42. The number of aromatic hydroxyl groups is 1. The zero-order valence-electron chi connectivity index (χ0n) is 11.7. The summed E-state index contributed by atoms with van der Waals surface area (Å²) in [5.41, 5.74) is 0.747. The van der Waals surface area contributed by atoms with E-state index in [2.05, 4.69) is 10.6 Å². The summed E-state index contributed by atoms with van der Waals surface area (Å²) in [6, 6.07) is 5.02. The maximum atomic E-state index is 12.1. The van der Waals surface area contributed by atoms with Crippen LogP contribution in [0, 0.1) is 0 Å². The van der Waals surface area contributed by atoms with Gasteiger partial charge in [0.1, 0.15) is 11.8 Å². The van der Waals surface area contributed by atoms with Gasteiger partial charge in [-0.2, -0.15) is 0 Å². The molecule has 0 spiro atoms. The van der Waals surface area contributed by atoms with Crippen LogP contribution in [0.2, 0.25) is 0 Å². The Bertz CT molecular complexity index is 495. The monoisotopic (exact) mass is 292 g/mol. The van der Waals surface area contributed by atoms with Crippen molar-refractivity contribution in [2.45, 2.75) is 37.8 Å². The van der Waals surface area contributed by atoms with Crippen LogP contribution < -0.4 is 10.6 Å². The van der Waals surface area contributed by atoms with Crippen LogP contribution >= 0.6 is 0 Å². The molecule has 0 bridgehead atoms. The molecular formula is C15H20N2O4. The Morgan fingerprint density at radius 1 is 1.29 bits per heavy atom. The summed E-state index contributed by atoms with van der Waals surface area (Å²) in [5, 5.41) is 24.2. The Hall–Kier alpha value is -2.08. The van der Waals surface area contributed by atoms with Crippen LogP contribution in [0.15, 0.2) is 24.3 Å². The maximum absolute atomic E-state index is 12.1. The number of nitrogens with one attached hydrogen (secondary N) is 2. The zero-order valence-corrected chi connectivity index (χ0v) is 11.7. The van der Waals surface area contributed by atoms with E-state index in [1.807, 2.05) is 0 Å². The molecule has 1 heterocycles. The number of carbonyl (C=O) groups is 2. The van der Waals surface area contributed by atoms with Gasteiger partial charge in [-0.15, -0.1) is 0 Å². The highest BCUT2D eigenvalue weighted by Crippen LogP contribution is 2.12. The summed E-state index contributed by atoms with van der Waals surface area (Å²) in [6.45, 7) is 0.786. The van der Waals surface area contributed by atoms with Gasteiger partial charge in [0.15, 0.2) is 0 Å². The number of phenolic OH excluding ortho intramolecular Hbond substituents is 1. The Labute approximate surface area is 123 Å². The number of aliphatic carboxylic acids is 1. The van der Waals surface area contributed by atoms with Crippen LogP contribution in [0.1, 0.15) is 24.8 Å². The van der Waals surface area contributed by atoms with Crippen molar-refractivity contribution in [3.05, 3.63) is 29.8 Å². The van der Waals surface area contributed by atoms with Crippen LogP contribution in [0.25, 0.3) is 0 Å². The smallest absolute Gasteiger partial charge is 0.326 e. The number of carboxylic acids is 1. The molecule has 21 heavy (non-hydrogen) atoms. The molecular weight excluding hydrogens is 272 g/mol. The minimum Gasteiger partial charge on any atom is -0.508 e. The number of amides is 1. The summed E-state index contributed by atoms with van der Waals surface area (Å²) < 4.78 is 0. The molecule has 1 amide bonds. The van der Waals surface area contributed by atoms with Gasteiger partial charge >= 0.3 is 5.97 Å². The van der Waals surface area contributed by atoms with Crippen molar-refractivity contribution in [2.24, 2.45) is 0 Å². The van der Waals surface area contributed by atoms with Crippen molar-refractivity contribution in [3.8, 4) is 5.75 Å². The van der Waals surface area contributed by atoms with Crippen LogP contribution in [0.3, 0.4) is 0 Å². The number of piperidine rings is 1. The van der Waals surface area contributed by atoms with E-state index < -0.39 is 12.0 Å². The Balaban J connectivity index is 1.96. The van der Waals surface area contributed by atoms with Gasteiger partial charge < -0.3 is 20.8 Å². The molecule has 1 saturated heterocycles. The molecule has 0 saturated carbocycles. The van der Waals surface area contributed by atoms with Crippen LogP contribution in [0.4, 0.5) is 0 Å². The molecule has 0 aromatic heterocycles. The quantitative estimate of drug-likeness (QED) is 0.638. The first kappa shape index (κ1) is 15.3. The van der Waals surface area contributed by atoms with E-state index in [9.17, 15) is 19.8 Å². The average Bonchev–Trinajstić information content (AvgIpc) is 2.49. The lowest BCUT2D eigenvalue weighted by molar-refractivity contribution is -0.142. The Morgan fingerprint density at radius 2 is 2.00 bits per heavy atom. The lowest BCUT2D eigenvalue weighted by Crippen LogP contribution is -2.52. The number of benzene rings is 1. The minimum atomic E-state index is -1.06. The summed E-state index contributed by atoms with van der Waals surface area (Å²) in [4.78, 5) is 23.4. The fraction of sp³-hybridized carbons (Fsp3) is 0.467. The molecule has 4 N–H and O–H groups in total. The van der Waals surface area contributed by atoms with Gasteiger partial charge in [0.25, 0.3) is 0 Å². The number of carbonyl (C=O) groups excluding carboxylic acids is 1. The Morgan fingerprint density at radius 3 is 2.57 bits per heavy atom. The molecule has 1 fully saturated rings. The number of carboxylic acid groups (broad SMARTS) is 1. The molecule has 2 rings (SSSR count). The van der Waals surface area contributed by atoms with E-state index in [1.165, 1.54) is 12.1 Å². The lowest BCUT2D eigenvalue weighted by Gasteiger charge is -2.24. The van der Waals surface area contributed by atoms with Crippen molar-refractivity contribution < 1.29 is 19.8 Å². The third kappa shape index (κ3) is 4.46. The van der Waals surface area contributed by atoms with E-state index in [4.69, 9.17) is 0 Å². The predicted octanol–water partition coefficient (Wildman–Crippen LogP) is 0.646. The SMILES string of the molecule is O=C(O)C(Cc1ccc(O)cc1)NC(=O)C1CCCCN1. The van der Waals surface area contributed by atoms with E-state index in [1.54, 1.807) is 12.1 Å². The second-order valence-electron chi connectivity index (χ2n) is 5.27. The second-order valence-corrected chi connectivity index (χ2v) is 5.27. The highest BCUT2D eigenvalue weighted by Gasteiger charge is 2.26. The number of hydrogen-bond acceptors (Lipinski definition) is 4. The summed E-state index contributed by atoms with van der Waals surface area (Å²) in [6.07, 6.45) is 2.94. The highest BCUT2D eigenvalue weighted by molar-refractivity contribution is 5.87. The van der Waals surface area contributed by atoms with Gasteiger partial charge in [-0.25, -0.2) is 4.79 Å². The molecule has 1 aromatic rings. The summed E-state index contributed by atoms with van der Waals surface area (Å²) in [5.74, 6) is -1.20. The van der Waals surface area contributed by atoms with Gasteiger partial charge in [0, 0.05) is 6.42 Å². The minimum absolute atomic E-state index is 0.126. The number of phenols is 1. The largest absolute Gasteiger partial charge is 0.508 e. The van der Waals surface area contributed by atoms with Gasteiger partial charge in [-0.1, -0.05) is 18.6 Å². The maximum Gasteiger partial charge on any atom is 0.326 e. The van der Waals surface area contributed by atoms with Gasteiger partial charge in [-0.05, 0) is 37.1 Å². The molecule has 2 unspecified atom stereocenters. The average molecular weight is 292 g/mol. The lowest BCUT2D eigenvalue weighted by atomic mass is 10.0. The second kappa shape index (κ2) is 7.08. The van der Waals surface area contributed by atoms with E-state index in [0.717, 1.165) is 31.4 Å². The van der Waals surface area contributed by atoms with Crippen LogP contribution in [0.5, 0.6) is 5.75 Å². The first-order chi connectivity index (χ1) is 10.1. The molecule has 0 radical (unpaired) electrons. The van der Waals surface area contributed by atoms with Crippen molar-refractivity contribution in [3.63, 3.8) is 0 Å². The number of hydrogen-bond donors (Lipinski definition) is 4. The van der Waals surface area contributed by atoms with Gasteiger partial charge in [0.2, 0.25) is 5.91 Å². The molecule has 114 valence electrons. The molecule has 1 aliphatic rings. The van der Waals surface area contributed by atoms with Crippen LogP contribution in [-0.4, -0.2) is 40.7 Å². The first-order valence-electron chi connectivity index (χ1n) is 7.11. The molecule has 1 aliphatic heterocycles. The van der Waals surface area contributed by atoms with E-state index >= 15 is 0 Å². The summed E-state index contributed by atoms with van der Waals surface area (Å²) in [7, 11) is 0. The third-order valence-electron chi connectivity index (χ3n) is 3.62. The topological polar surface area (TPSA) is 98.7 Å². The molecule has 2 atom stereocenters. The first-order valence-corrected chi connectivity index (χ1v) is 7.11. The molecule has 0 aliphatic carbocycles. The predicted molar refractivity (Wildman–Crippen MR) is 77.0 cm³/mol. The standard InChI is InChI=1S/C15H20N2O4/c18-11-6-4-10(5-7-11)9-13(15(20)21)17-14(19)12-3-1-2-8-16-12/h4-7,12-13,16,18H,1-3,8-9H2,(H,17,19)(H,20,21). The van der Waals surface area contributed by atoms with Crippen LogP contribution in [-0.2, 0) is 16.0 Å².